The van der Waals surface area contributed by atoms with Gasteiger partial charge in [0.15, 0.2) is 0 Å². The van der Waals surface area contributed by atoms with Crippen LogP contribution in [0.4, 0.5) is 0 Å². The van der Waals surface area contributed by atoms with Gasteiger partial charge in [-0.25, -0.2) is 0 Å². The molecule has 1 aliphatic rings. The van der Waals surface area contributed by atoms with Crippen LogP contribution in [0.5, 0.6) is 0 Å². The molecule has 0 aliphatic heterocycles. The molecule has 4 heteroatoms. The lowest BCUT2D eigenvalue weighted by molar-refractivity contribution is 0.109. The van der Waals surface area contributed by atoms with Gasteiger partial charge in [-0.3, -0.25) is 4.68 Å². The molecule has 0 radical (unpaired) electrons. The van der Waals surface area contributed by atoms with E-state index in [1.54, 1.807) is 0 Å². The Morgan fingerprint density at radius 2 is 2.18 bits per heavy atom. The summed E-state index contributed by atoms with van der Waals surface area (Å²) in [7, 11) is 0. The van der Waals surface area contributed by atoms with Crippen molar-refractivity contribution in [2.45, 2.75) is 52.7 Å². The van der Waals surface area contributed by atoms with Crippen LogP contribution in [-0.4, -0.2) is 16.4 Å². The third kappa shape index (κ3) is 3.32. The van der Waals surface area contributed by atoms with Gasteiger partial charge in [-0.15, -0.1) is 0 Å². The Kier molecular flexibility index (Phi) is 4.62. The second-order valence-corrected chi connectivity index (χ2v) is 5.45. The van der Waals surface area contributed by atoms with E-state index in [-0.39, 0.29) is 0 Å². The van der Waals surface area contributed by atoms with Gasteiger partial charge >= 0.3 is 0 Å². The lowest BCUT2D eigenvalue weighted by Crippen LogP contribution is -2.06. The fourth-order valence-corrected chi connectivity index (χ4v) is 2.66. The number of rotatable bonds is 7. The van der Waals surface area contributed by atoms with E-state index in [1.807, 2.05) is 4.68 Å². The van der Waals surface area contributed by atoms with E-state index < -0.39 is 0 Å². The van der Waals surface area contributed by atoms with Crippen molar-refractivity contribution in [2.24, 2.45) is 5.92 Å². The molecule has 0 bridgehead atoms. The van der Waals surface area contributed by atoms with Crippen molar-refractivity contribution in [3.8, 4) is 0 Å². The summed E-state index contributed by atoms with van der Waals surface area (Å²) in [5.41, 5.74) is 2.31. The molecule has 17 heavy (non-hydrogen) atoms. The zero-order valence-electron chi connectivity index (χ0n) is 10.7. The van der Waals surface area contributed by atoms with Crippen molar-refractivity contribution in [1.82, 2.24) is 9.78 Å². The van der Waals surface area contributed by atoms with Crippen molar-refractivity contribution in [1.29, 1.82) is 0 Å². The van der Waals surface area contributed by atoms with E-state index in [1.165, 1.54) is 25.0 Å². The number of ether oxygens (including phenoxy) is 1. The average Bonchev–Trinajstić information content (AvgIpc) is 3.10. The van der Waals surface area contributed by atoms with Gasteiger partial charge in [-0.2, -0.15) is 5.10 Å². The molecule has 0 N–H and O–H groups in total. The third-order valence-corrected chi connectivity index (χ3v) is 4.22. The number of aryl methyl sites for hydroxylation is 2. The maximum atomic E-state index is 5.76. The topological polar surface area (TPSA) is 27.1 Å². The summed E-state index contributed by atoms with van der Waals surface area (Å²) in [6.07, 6.45) is 4.99. The van der Waals surface area contributed by atoms with Crippen molar-refractivity contribution >= 4 is 15.9 Å². The first-order chi connectivity index (χ1) is 8.26. The average molecular weight is 301 g/mol. The SMILES string of the molecule is CCc1nn(CC)c(COCCC2CC2)c1Br. The van der Waals surface area contributed by atoms with Crippen LogP contribution in [0.25, 0.3) is 0 Å². The highest BCUT2D eigenvalue weighted by atomic mass is 79.9. The van der Waals surface area contributed by atoms with E-state index in [4.69, 9.17) is 4.74 Å². The molecule has 1 aliphatic carbocycles. The lowest BCUT2D eigenvalue weighted by atomic mass is 10.3. The van der Waals surface area contributed by atoms with Crippen molar-refractivity contribution in [2.75, 3.05) is 6.61 Å². The first-order valence-corrected chi connectivity index (χ1v) is 7.37. The molecule has 1 aromatic rings. The molecule has 0 spiro atoms. The van der Waals surface area contributed by atoms with Gasteiger partial charge in [0.25, 0.3) is 0 Å². The minimum atomic E-state index is 0.675. The van der Waals surface area contributed by atoms with Gasteiger partial charge < -0.3 is 4.74 Å². The Morgan fingerprint density at radius 1 is 1.41 bits per heavy atom. The van der Waals surface area contributed by atoms with Crippen molar-refractivity contribution < 1.29 is 4.74 Å². The van der Waals surface area contributed by atoms with Crippen LogP contribution >= 0.6 is 15.9 Å². The van der Waals surface area contributed by atoms with E-state index in [9.17, 15) is 0 Å². The van der Waals surface area contributed by atoms with Crippen LogP contribution in [0.2, 0.25) is 0 Å². The Bertz CT molecular complexity index is 372. The Morgan fingerprint density at radius 3 is 2.76 bits per heavy atom. The van der Waals surface area contributed by atoms with Crippen molar-refractivity contribution in [3.05, 3.63) is 15.9 Å². The van der Waals surface area contributed by atoms with E-state index in [0.717, 1.165) is 35.7 Å². The molecule has 0 aromatic carbocycles. The van der Waals surface area contributed by atoms with Crippen LogP contribution in [0.1, 0.15) is 44.5 Å². The molecule has 0 amide bonds. The molecule has 1 aromatic heterocycles. The molecule has 3 nitrogen and oxygen atoms in total. The summed E-state index contributed by atoms with van der Waals surface area (Å²) in [6, 6.07) is 0. The molecular formula is C13H21BrN2O. The largest absolute Gasteiger partial charge is 0.375 e. The molecule has 0 atom stereocenters. The minimum Gasteiger partial charge on any atom is -0.375 e. The lowest BCUT2D eigenvalue weighted by Gasteiger charge is -2.06. The molecular weight excluding hydrogens is 280 g/mol. The molecule has 0 unspecified atom stereocenters. The highest BCUT2D eigenvalue weighted by Gasteiger charge is 2.20. The second kappa shape index (κ2) is 6.01. The van der Waals surface area contributed by atoms with Crippen molar-refractivity contribution in [3.63, 3.8) is 0 Å². The maximum absolute atomic E-state index is 5.76. The number of halogens is 1. The van der Waals surface area contributed by atoms with Gasteiger partial charge in [0, 0.05) is 13.2 Å². The minimum absolute atomic E-state index is 0.675. The first-order valence-electron chi connectivity index (χ1n) is 6.58. The summed E-state index contributed by atoms with van der Waals surface area (Å²) < 4.78 is 8.94. The van der Waals surface area contributed by atoms with Crippen LogP contribution in [0.15, 0.2) is 4.47 Å². The monoisotopic (exact) mass is 300 g/mol. The summed E-state index contributed by atoms with van der Waals surface area (Å²) in [5.74, 6) is 0.945. The molecule has 1 saturated carbocycles. The first kappa shape index (κ1) is 13.1. The molecule has 0 saturated heterocycles. The Balaban J connectivity index is 1.90. The second-order valence-electron chi connectivity index (χ2n) is 4.66. The number of nitrogens with zero attached hydrogens (tertiary/aromatic N) is 2. The number of aromatic nitrogens is 2. The normalized spacial score (nSPS) is 15.5. The van der Waals surface area contributed by atoms with E-state index >= 15 is 0 Å². The molecule has 2 rings (SSSR count). The van der Waals surface area contributed by atoms with E-state index in [2.05, 4.69) is 34.9 Å². The summed E-state index contributed by atoms with van der Waals surface area (Å²) in [4.78, 5) is 0. The standard InChI is InChI=1S/C13H21BrN2O/c1-3-11-13(14)12(16(4-2)15-11)9-17-8-7-10-5-6-10/h10H,3-9H2,1-2H3. The van der Waals surface area contributed by atoms with Gasteiger partial charge in [0.1, 0.15) is 0 Å². The zero-order chi connectivity index (χ0) is 12.3. The van der Waals surface area contributed by atoms with Gasteiger partial charge in [0.2, 0.25) is 0 Å². The van der Waals surface area contributed by atoms with Crippen LogP contribution in [0, 0.1) is 5.92 Å². The smallest absolute Gasteiger partial charge is 0.0896 e. The maximum Gasteiger partial charge on any atom is 0.0896 e. The molecule has 1 heterocycles. The number of hydrogen-bond acceptors (Lipinski definition) is 2. The molecule has 1 fully saturated rings. The highest BCUT2D eigenvalue weighted by molar-refractivity contribution is 9.10. The summed E-state index contributed by atoms with van der Waals surface area (Å²) >= 11 is 3.63. The highest BCUT2D eigenvalue weighted by Crippen LogP contribution is 2.32. The summed E-state index contributed by atoms with van der Waals surface area (Å²) in [6.45, 7) is 6.71. The van der Waals surface area contributed by atoms with Crippen LogP contribution < -0.4 is 0 Å². The fraction of sp³-hybridized carbons (Fsp3) is 0.769. The number of hydrogen-bond donors (Lipinski definition) is 0. The quantitative estimate of drug-likeness (QED) is 0.720. The van der Waals surface area contributed by atoms with Crippen LogP contribution in [0.3, 0.4) is 0 Å². The predicted molar refractivity (Wildman–Crippen MR) is 72.0 cm³/mol. The molecule has 96 valence electrons. The van der Waals surface area contributed by atoms with Gasteiger partial charge in [-0.05, 0) is 41.6 Å². The summed E-state index contributed by atoms with van der Waals surface area (Å²) in [5, 5.41) is 4.56. The van der Waals surface area contributed by atoms with Gasteiger partial charge in [-0.1, -0.05) is 19.8 Å². The van der Waals surface area contributed by atoms with Crippen LogP contribution in [-0.2, 0) is 24.3 Å². The van der Waals surface area contributed by atoms with Gasteiger partial charge in [0.05, 0.1) is 22.5 Å². The third-order valence-electron chi connectivity index (χ3n) is 3.30. The van der Waals surface area contributed by atoms with E-state index in [0.29, 0.717) is 6.61 Å². The Hall–Kier alpha value is -0.350. The predicted octanol–water partition coefficient (Wildman–Crippen LogP) is 3.54. The zero-order valence-corrected chi connectivity index (χ0v) is 12.3. The fourth-order valence-electron chi connectivity index (χ4n) is 1.98. The Labute approximate surface area is 112 Å².